The van der Waals surface area contributed by atoms with E-state index in [4.69, 9.17) is 5.73 Å². The van der Waals surface area contributed by atoms with E-state index in [9.17, 15) is 13.2 Å². The molecule has 0 saturated carbocycles. The van der Waals surface area contributed by atoms with Crippen molar-refractivity contribution < 1.29 is 13.2 Å². The van der Waals surface area contributed by atoms with Gasteiger partial charge < -0.3 is 5.73 Å². The molecule has 0 aromatic heterocycles. The third-order valence-electron chi connectivity index (χ3n) is 2.41. The number of benzene rings is 1. The average Bonchev–Trinajstić information content (AvgIpc) is 2.06. The van der Waals surface area contributed by atoms with Crippen LogP contribution >= 0.6 is 12.4 Å². The molecule has 0 amide bonds. The highest BCUT2D eigenvalue weighted by Crippen LogP contribution is 2.28. The molecule has 0 aliphatic carbocycles. The lowest BCUT2D eigenvalue weighted by Crippen LogP contribution is -2.20. The zero-order chi connectivity index (χ0) is 11.6. The van der Waals surface area contributed by atoms with Gasteiger partial charge in [-0.25, -0.2) is 0 Å². The summed E-state index contributed by atoms with van der Waals surface area (Å²) in [4.78, 5) is 0. The number of alkyl halides is 3. The Hall–Kier alpha value is -0.740. The predicted octanol–water partition coefficient (Wildman–Crippen LogP) is 3.68. The molecule has 5 heteroatoms. The number of halogens is 4. The van der Waals surface area contributed by atoms with E-state index >= 15 is 0 Å². The summed E-state index contributed by atoms with van der Waals surface area (Å²) in [5, 5.41) is 0. The van der Waals surface area contributed by atoms with Gasteiger partial charge in [-0.3, -0.25) is 0 Å². The molecule has 1 aromatic rings. The molecule has 1 nitrogen and oxygen atoms in total. The third kappa shape index (κ3) is 4.41. The molecule has 1 atom stereocenters. The highest BCUT2D eigenvalue weighted by atomic mass is 35.5. The molecule has 0 unspecified atom stereocenters. The van der Waals surface area contributed by atoms with Crippen molar-refractivity contribution in [1.29, 1.82) is 0 Å². The van der Waals surface area contributed by atoms with E-state index < -0.39 is 18.6 Å². The molecule has 16 heavy (non-hydrogen) atoms. The molecule has 0 aliphatic rings. The van der Waals surface area contributed by atoms with Crippen LogP contribution in [0.15, 0.2) is 18.2 Å². The SMILES string of the molecule is Cc1ccc([C@H](N)CC(F)(F)F)cc1C.Cl. The number of aryl methyl sites for hydroxylation is 2. The molecule has 0 fully saturated rings. The molecule has 0 saturated heterocycles. The van der Waals surface area contributed by atoms with Gasteiger partial charge in [0.25, 0.3) is 0 Å². The van der Waals surface area contributed by atoms with E-state index in [1.165, 1.54) is 0 Å². The highest BCUT2D eigenvalue weighted by molar-refractivity contribution is 5.85. The van der Waals surface area contributed by atoms with Crippen molar-refractivity contribution in [3.05, 3.63) is 34.9 Å². The Bertz CT molecular complexity index is 350. The Morgan fingerprint density at radius 3 is 2.19 bits per heavy atom. The number of hydrogen-bond acceptors (Lipinski definition) is 1. The van der Waals surface area contributed by atoms with Gasteiger partial charge in [-0.2, -0.15) is 13.2 Å². The van der Waals surface area contributed by atoms with E-state index in [1.54, 1.807) is 18.2 Å². The summed E-state index contributed by atoms with van der Waals surface area (Å²) in [7, 11) is 0. The summed E-state index contributed by atoms with van der Waals surface area (Å²) in [6.45, 7) is 3.77. The van der Waals surface area contributed by atoms with Crippen molar-refractivity contribution in [3.8, 4) is 0 Å². The molecule has 0 spiro atoms. The Labute approximate surface area is 99.2 Å². The van der Waals surface area contributed by atoms with Crippen LogP contribution in [0.5, 0.6) is 0 Å². The van der Waals surface area contributed by atoms with Crippen LogP contribution < -0.4 is 5.73 Å². The van der Waals surface area contributed by atoms with Crippen LogP contribution in [0, 0.1) is 13.8 Å². The van der Waals surface area contributed by atoms with Gasteiger partial charge in [0.1, 0.15) is 0 Å². The fourth-order valence-corrected chi connectivity index (χ4v) is 1.36. The Balaban J connectivity index is 0.00000225. The molecular weight excluding hydrogens is 239 g/mol. The van der Waals surface area contributed by atoms with Gasteiger partial charge in [0.15, 0.2) is 0 Å². The molecular formula is C11H15ClF3N. The molecule has 2 N–H and O–H groups in total. The monoisotopic (exact) mass is 253 g/mol. The molecule has 1 aromatic carbocycles. The van der Waals surface area contributed by atoms with Crippen LogP contribution in [0.3, 0.4) is 0 Å². The van der Waals surface area contributed by atoms with Gasteiger partial charge in [-0.05, 0) is 30.5 Å². The fraction of sp³-hybridized carbons (Fsp3) is 0.455. The van der Waals surface area contributed by atoms with E-state index in [0.717, 1.165) is 11.1 Å². The van der Waals surface area contributed by atoms with Gasteiger partial charge >= 0.3 is 6.18 Å². The molecule has 0 radical (unpaired) electrons. The van der Waals surface area contributed by atoms with E-state index in [1.807, 2.05) is 13.8 Å². The lowest BCUT2D eigenvalue weighted by molar-refractivity contribution is -0.138. The molecule has 0 aliphatic heterocycles. The van der Waals surface area contributed by atoms with Crippen molar-refractivity contribution in [2.75, 3.05) is 0 Å². The van der Waals surface area contributed by atoms with Gasteiger partial charge in [-0.1, -0.05) is 18.2 Å². The van der Waals surface area contributed by atoms with Gasteiger partial charge in [-0.15, -0.1) is 12.4 Å². The molecule has 0 heterocycles. The maximum atomic E-state index is 12.1. The zero-order valence-corrected chi connectivity index (χ0v) is 9.95. The maximum Gasteiger partial charge on any atom is 0.390 e. The molecule has 0 bridgehead atoms. The second-order valence-electron chi connectivity index (χ2n) is 3.77. The van der Waals surface area contributed by atoms with E-state index in [-0.39, 0.29) is 12.4 Å². The van der Waals surface area contributed by atoms with Crippen molar-refractivity contribution in [3.63, 3.8) is 0 Å². The second-order valence-corrected chi connectivity index (χ2v) is 3.77. The first-order chi connectivity index (χ1) is 6.79. The topological polar surface area (TPSA) is 26.0 Å². The smallest absolute Gasteiger partial charge is 0.324 e. The van der Waals surface area contributed by atoms with Gasteiger partial charge in [0.2, 0.25) is 0 Å². The zero-order valence-electron chi connectivity index (χ0n) is 9.14. The minimum absolute atomic E-state index is 0. The first kappa shape index (κ1) is 15.3. The van der Waals surface area contributed by atoms with Gasteiger partial charge in [0.05, 0.1) is 6.42 Å². The molecule has 92 valence electrons. The lowest BCUT2D eigenvalue weighted by atomic mass is 9.99. The number of rotatable bonds is 2. The van der Waals surface area contributed by atoms with Crippen LogP contribution in [0.2, 0.25) is 0 Å². The summed E-state index contributed by atoms with van der Waals surface area (Å²) in [6.07, 6.45) is -5.19. The standard InChI is InChI=1S/C11H14F3N.ClH/c1-7-3-4-9(5-8(7)2)10(15)6-11(12,13)14;/h3-5,10H,6,15H2,1-2H3;1H/t10-;/m1./s1. The van der Waals surface area contributed by atoms with Crippen molar-refractivity contribution in [1.82, 2.24) is 0 Å². The first-order valence-corrected chi connectivity index (χ1v) is 4.69. The summed E-state index contributed by atoms with van der Waals surface area (Å²) in [6, 6.07) is 4.19. The lowest BCUT2D eigenvalue weighted by Gasteiger charge is -2.15. The Morgan fingerprint density at radius 2 is 1.75 bits per heavy atom. The van der Waals surface area contributed by atoms with Crippen LogP contribution in [-0.4, -0.2) is 6.18 Å². The summed E-state index contributed by atoms with van der Waals surface area (Å²) < 4.78 is 36.3. The highest BCUT2D eigenvalue weighted by Gasteiger charge is 2.30. The van der Waals surface area contributed by atoms with Crippen LogP contribution in [0.25, 0.3) is 0 Å². The van der Waals surface area contributed by atoms with Crippen LogP contribution in [-0.2, 0) is 0 Å². The third-order valence-corrected chi connectivity index (χ3v) is 2.41. The van der Waals surface area contributed by atoms with E-state index in [0.29, 0.717) is 5.56 Å². The Kier molecular flexibility index (Phi) is 5.29. The predicted molar refractivity (Wildman–Crippen MR) is 60.8 cm³/mol. The Morgan fingerprint density at radius 1 is 1.19 bits per heavy atom. The second kappa shape index (κ2) is 5.55. The number of nitrogens with two attached hydrogens (primary N) is 1. The fourth-order valence-electron chi connectivity index (χ4n) is 1.36. The van der Waals surface area contributed by atoms with Crippen molar-refractivity contribution in [2.45, 2.75) is 32.5 Å². The minimum atomic E-state index is -4.21. The normalized spacial score (nSPS) is 13.1. The first-order valence-electron chi connectivity index (χ1n) is 4.69. The molecule has 1 rings (SSSR count). The summed E-state index contributed by atoms with van der Waals surface area (Å²) in [5.41, 5.74) is 8.03. The van der Waals surface area contributed by atoms with Crippen LogP contribution in [0.4, 0.5) is 13.2 Å². The van der Waals surface area contributed by atoms with Crippen molar-refractivity contribution in [2.24, 2.45) is 5.73 Å². The summed E-state index contributed by atoms with van der Waals surface area (Å²) in [5.74, 6) is 0. The average molecular weight is 254 g/mol. The largest absolute Gasteiger partial charge is 0.390 e. The quantitative estimate of drug-likeness (QED) is 0.855. The van der Waals surface area contributed by atoms with E-state index in [2.05, 4.69) is 0 Å². The van der Waals surface area contributed by atoms with Crippen molar-refractivity contribution >= 4 is 12.4 Å². The van der Waals surface area contributed by atoms with Crippen LogP contribution in [0.1, 0.15) is 29.2 Å². The number of hydrogen-bond donors (Lipinski definition) is 1. The minimum Gasteiger partial charge on any atom is -0.324 e. The maximum absolute atomic E-state index is 12.1. The van der Waals surface area contributed by atoms with Gasteiger partial charge in [0, 0.05) is 6.04 Å². The summed E-state index contributed by atoms with van der Waals surface area (Å²) >= 11 is 0.